The minimum absolute atomic E-state index is 0.0726. The van der Waals surface area contributed by atoms with Crippen LogP contribution in [0.2, 0.25) is 0 Å². The van der Waals surface area contributed by atoms with Crippen LogP contribution in [0.3, 0.4) is 0 Å². The van der Waals surface area contributed by atoms with Crippen molar-refractivity contribution in [1.29, 1.82) is 0 Å². The molecule has 0 saturated carbocycles. The molecule has 62 valence electrons. The van der Waals surface area contributed by atoms with Crippen molar-refractivity contribution in [3.05, 3.63) is 23.8 Å². The van der Waals surface area contributed by atoms with E-state index in [9.17, 15) is 4.79 Å². The number of fused-ring (bicyclic) bond motifs is 1. The molecule has 0 bridgehead atoms. The van der Waals surface area contributed by atoms with Crippen LogP contribution in [-0.4, -0.2) is 11.3 Å². The lowest BCUT2D eigenvalue weighted by molar-refractivity contribution is 0.0784. The number of rotatable bonds is 0. The summed E-state index contributed by atoms with van der Waals surface area (Å²) in [6, 6.07) is 4.55. The molecule has 1 aromatic rings. The monoisotopic (exact) mass is 166 g/mol. The maximum absolute atomic E-state index is 10.6. The molecule has 0 unspecified atom stereocenters. The number of hydrogen-bond acceptors (Lipinski definition) is 4. The van der Waals surface area contributed by atoms with Gasteiger partial charge >= 0.3 is 6.16 Å². The highest BCUT2D eigenvalue weighted by Crippen LogP contribution is 2.27. The van der Waals surface area contributed by atoms with E-state index in [0.717, 1.165) is 5.56 Å². The molecule has 1 aliphatic heterocycles. The second-order valence-corrected chi connectivity index (χ2v) is 2.43. The molecule has 0 radical (unpaired) electrons. The zero-order valence-corrected chi connectivity index (χ0v) is 6.11. The van der Waals surface area contributed by atoms with Gasteiger partial charge in [-0.1, -0.05) is 0 Å². The van der Waals surface area contributed by atoms with Gasteiger partial charge in [-0.3, -0.25) is 0 Å². The van der Waals surface area contributed by atoms with Crippen molar-refractivity contribution in [3.8, 4) is 11.5 Å². The van der Waals surface area contributed by atoms with Gasteiger partial charge in [0.05, 0.1) is 0 Å². The lowest BCUT2D eigenvalue weighted by Crippen LogP contribution is -2.16. The summed E-state index contributed by atoms with van der Waals surface area (Å²) in [5, 5.41) is 9.04. The second-order valence-electron chi connectivity index (χ2n) is 2.43. The predicted octanol–water partition coefficient (Wildman–Crippen LogP) is 1.42. The zero-order chi connectivity index (χ0) is 8.55. The molecule has 0 atom stereocenters. The molecule has 12 heavy (non-hydrogen) atoms. The third-order valence-corrected chi connectivity index (χ3v) is 1.59. The molecule has 4 heteroatoms. The number of aromatic hydroxyl groups is 1. The van der Waals surface area contributed by atoms with Gasteiger partial charge in [-0.05, 0) is 12.1 Å². The first-order chi connectivity index (χ1) is 5.75. The first-order valence-electron chi connectivity index (χ1n) is 3.42. The first kappa shape index (κ1) is 6.97. The average molecular weight is 166 g/mol. The van der Waals surface area contributed by atoms with E-state index in [1.54, 1.807) is 6.07 Å². The van der Waals surface area contributed by atoms with E-state index in [-0.39, 0.29) is 12.4 Å². The summed E-state index contributed by atoms with van der Waals surface area (Å²) in [6.07, 6.45) is -0.729. The van der Waals surface area contributed by atoms with Gasteiger partial charge in [0.15, 0.2) is 0 Å². The van der Waals surface area contributed by atoms with Crippen molar-refractivity contribution in [3.63, 3.8) is 0 Å². The Morgan fingerprint density at radius 1 is 1.42 bits per heavy atom. The Hall–Kier alpha value is -1.71. The number of phenolic OH excluding ortho intramolecular Hbond substituents is 1. The van der Waals surface area contributed by atoms with Crippen molar-refractivity contribution in [2.75, 3.05) is 0 Å². The van der Waals surface area contributed by atoms with E-state index in [1.165, 1.54) is 12.1 Å². The Balaban J connectivity index is 2.44. The van der Waals surface area contributed by atoms with Crippen LogP contribution in [0, 0.1) is 0 Å². The van der Waals surface area contributed by atoms with Crippen LogP contribution < -0.4 is 4.74 Å². The van der Waals surface area contributed by atoms with Gasteiger partial charge in [0.1, 0.15) is 18.1 Å². The molecule has 0 spiro atoms. The molecule has 1 aromatic carbocycles. The van der Waals surface area contributed by atoms with E-state index >= 15 is 0 Å². The van der Waals surface area contributed by atoms with Gasteiger partial charge in [0.25, 0.3) is 0 Å². The molecule has 0 fully saturated rings. The number of carbonyl (C=O) groups excluding carboxylic acids is 1. The van der Waals surface area contributed by atoms with Crippen LogP contribution in [0.15, 0.2) is 18.2 Å². The van der Waals surface area contributed by atoms with Crippen LogP contribution in [0.25, 0.3) is 0 Å². The lowest BCUT2D eigenvalue weighted by atomic mass is 10.2. The predicted molar refractivity (Wildman–Crippen MR) is 38.9 cm³/mol. The summed E-state index contributed by atoms with van der Waals surface area (Å²) in [5.74, 6) is 0.440. The average Bonchev–Trinajstić information content (AvgIpc) is 2.03. The van der Waals surface area contributed by atoms with Crippen LogP contribution >= 0.6 is 0 Å². The van der Waals surface area contributed by atoms with Crippen LogP contribution in [0.1, 0.15) is 5.56 Å². The molecule has 0 aliphatic carbocycles. The Kier molecular flexibility index (Phi) is 1.40. The highest BCUT2D eigenvalue weighted by molar-refractivity contribution is 5.67. The van der Waals surface area contributed by atoms with E-state index in [4.69, 9.17) is 9.84 Å². The molecule has 0 aromatic heterocycles. The molecule has 1 aliphatic rings. The molecular formula is C8H6O4. The molecule has 0 amide bonds. The SMILES string of the molecule is O=C1OCc2ccc(O)cc2O1. The number of hydrogen-bond donors (Lipinski definition) is 1. The third kappa shape index (κ3) is 1.07. The van der Waals surface area contributed by atoms with Crippen molar-refractivity contribution < 1.29 is 19.4 Å². The fourth-order valence-electron chi connectivity index (χ4n) is 1.01. The standard InChI is InChI=1S/C8H6O4/c9-6-2-1-5-4-11-8(10)12-7(5)3-6/h1-3,9H,4H2. The Morgan fingerprint density at radius 3 is 3.08 bits per heavy atom. The second kappa shape index (κ2) is 2.41. The highest BCUT2D eigenvalue weighted by atomic mass is 16.7. The topological polar surface area (TPSA) is 55.8 Å². The molecule has 4 nitrogen and oxygen atoms in total. The maximum Gasteiger partial charge on any atom is 0.514 e. The van der Waals surface area contributed by atoms with Gasteiger partial charge in [-0.15, -0.1) is 0 Å². The van der Waals surface area contributed by atoms with E-state index in [0.29, 0.717) is 5.75 Å². The van der Waals surface area contributed by atoms with E-state index < -0.39 is 6.16 Å². The molecule has 2 rings (SSSR count). The molecule has 1 heterocycles. The largest absolute Gasteiger partial charge is 0.514 e. The summed E-state index contributed by atoms with van der Waals surface area (Å²) < 4.78 is 9.29. The summed E-state index contributed by atoms with van der Waals surface area (Å²) in [4.78, 5) is 10.6. The summed E-state index contributed by atoms with van der Waals surface area (Å²) in [6.45, 7) is 0.203. The lowest BCUT2D eigenvalue weighted by Gasteiger charge is -2.15. The fraction of sp³-hybridized carbons (Fsp3) is 0.125. The van der Waals surface area contributed by atoms with Gasteiger partial charge < -0.3 is 14.6 Å². The number of benzene rings is 1. The van der Waals surface area contributed by atoms with Crippen LogP contribution in [0.4, 0.5) is 4.79 Å². The van der Waals surface area contributed by atoms with E-state index in [2.05, 4.69) is 4.74 Å². The van der Waals surface area contributed by atoms with Crippen molar-refractivity contribution in [2.45, 2.75) is 6.61 Å². The minimum Gasteiger partial charge on any atom is -0.508 e. The van der Waals surface area contributed by atoms with Gasteiger partial charge in [0, 0.05) is 11.6 Å². The maximum atomic E-state index is 10.6. The zero-order valence-electron chi connectivity index (χ0n) is 6.11. The Labute approximate surface area is 68.3 Å². The highest BCUT2D eigenvalue weighted by Gasteiger charge is 2.17. The van der Waals surface area contributed by atoms with Gasteiger partial charge in [-0.25, -0.2) is 4.79 Å². The van der Waals surface area contributed by atoms with Crippen LogP contribution in [-0.2, 0) is 11.3 Å². The number of cyclic esters (lactones) is 1. The quantitative estimate of drug-likeness (QED) is 0.467. The summed E-state index contributed by atoms with van der Waals surface area (Å²) >= 11 is 0. The van der Waals surface area contributed by atoms with Crippen molar-refractivity contribution in [2.24, 2.45) is 0 Å². The van der Waals surface area contributed by atoms with Gasteiger partial charge in [-0.2, -0.15) is 0 Å². The third-order valence-electron chi connectivity index (χ3n) is 1.59. The Bertz CT molecular complexity index is 332. The van der Waals surface area contributed by atoms with Crippen LogP contribution in [0.5, 0.6) is 11.5 Å². The smallest absolute Gasteiger partial charge is 0.508 e. The van der Waals surface area contributed by atoms with Gasteiger partial charge in [0.2, 0.25) is 0 Å². The summed E-state index contributed by atoms with van der Waals surface area (Å²) in [7, 11) is 0. The van der Waals surface area contributed by atoms with Crippen molar-refractivity contribution in [1.82, 2.24) is 0 Å². The van der Waals surface area contributed by atoms with E-state index in [1.807, 2.05) is 0 Å². The van der Waals surface area contributed by atoms with Crippen molar-refractivity contribution >= 4 is 6.16 Å². The molecule has 1 N–H and O–H groups in total. The first-order valence-corrected chi connectivity index (χ1v) is 3.42. The Morgan fingerprint density at radius 2 is 2.25 bits per heavy atom. The molecule has 0 saturated heterocycles. The number of phenols is 1. The fourth-order valence-corrected chi connectivity index (χ4v) is 1.01. The summed E-state index contributed by atoms with van der Waals surface area (Å²) in [5.41, 5.74) is 0.757. The number of carbonyl (C=O) groups is 1. The number of ether oxygens (including phenoxy) is 2. The minimum atomic E-state index is -0.729. The normalized spacial score (nSPS) is 14.5. The molecular weight excluding hydrogens is 160 g/mol.